The van der Waals surface area contributed by atoms with Crippen LogP contribution in [0.5, 0.6) is 0 Å². The van der Waals surface area contributed by atoms with Crippen molar-refractivity contribution in [3.05, 3.63) is 59.7 Å². The third-order valence-corrected chi connectivity index (χ3v) is 2.44. The number of aryl methyl sites for hydroxylation is 2. The van der Waals surface area contributed by atoms with Crippen molar-refractivity contribution in [2.24, 2.45) is 0 Å². The highest BCUT2D eigenvalue weighted by Crippen LogP contribution is 2.19. The average Bonchev–Trinajstić information content (AvgIpc) is 2.42. The Morgan fingerprint density at radius 3 is 1.05 bits per heavy atom. The molecule has 0 aromatic heterocycles. The number of nitrogens with one attached hydrogen (secondary N) is 2. The lowest BCUT2D eigenvalue weighted by molar-refractivity contribution is 0.562. The molecule has 4 heteroatoms. The summed E-state index contributed by atoms with van der Waals surface area (Å²) >= 11 is 0. The molecule has 0 amide bonds. The largest absolute Gasteiger partial charge is 0.231 e. The summed E-state index contributed by atoms with van der Waals surface area (Å²) < 4.78 is 0. The lowest BCUT2D eigenvalue weighted by atomic mass is 10.0. The summed E-state index contributed by atoms with van der Waals surface area (Å²) in [6.07, 6.45) is 1.50. The SMILES string of the molecule is Cc1ccc(-c2ccc(C)cc2)cc1.N=C=O.N=C=O. The Kier molecular flexibility index (Phi) is 8.73. The third-order valence-electron chi connectivity index (χ3n) is 2.44. The molecule has 4 nitrogen and oxygen atoms in total. The van der Waals surface area contributed by atoms with Crippen molar-refractivity contribution in [3.63, 3.8) is 0 Å². The van der Waals surface area contributed by atoms with E-state index in [1.54, 1.807) is 0 Å². The normalized spacial score (nSPS) is 7.90. The number of hydrogen-bond acceptors (Lipinski definition) is 4. The Balaban J connectivity index is 0.000000520. The second-order valence-electron chi connectivity index (χ2n) is 3.94. The zero-order chi connectivity index (χ0) is 15.4. The van der Waals surface area contributed by atoms with E-state index in [0.29, 0.717) is 0 Å². The van der Waals surface area contributed by atoms with E-state index in [2.05, 4.69) is 62.4 Å². The summed E-state index contributed by atoms with van der Waals surface area (Å²) in [7, 11) is 0. The van der Waals surface area contributed by atoms with E-state index in [4.69, 9.17) is 20.4 Å². The minimum atomic E-state index is 0.750. The van der Waals surface area contributed by atoms with E-state index < -0.39 is 0 Å². The monoisotopic (exact) mass is 268 g/mol. The average molecular weight is 268 g/mol. The first-order valence-corrected chi connectivity index (χ1v) is 5.80. The van der Waals surface area contributed by atoms with Crippen LogP contribution in [0.2, 0.25) is 0 Å². The number of benzene rings is 2. The van der Waals surface area contributed by atoms with Gasteiger partial charge < -0.3 is 0 Å². The van der Waals surface area contributed by atoms with Crippen molar-refractivity contribution in [2.45, 2.75) is 13.8 Å². The van der Waals surface area contributed by atoms with Gasteiger partial charge in [-0.3, -0.25) is 0 Å². The highest BCUT2D eigenvalue weighted by molar-refractivity contribution is 5.63. The van der Waals surface area contributed by atoms with E-state index in [0.717, 1.165) is 12.2 Å². The summed E-state index contributed by atoms with van der Waals surface area (Å²) in [6, 6.07) is 17.3. The predicted octanol–water partition coefficient (Wildman–Crippen LogP) is 3.77. The highest BCUT2D eigenvalue weighted by Gasteiger charge is 1.95. The molecule has 0 fully saturated rings. The molecule has 0 spiro atoms. The fourth-order valence-electron chi connectivity index (χ4n) is 1.49. The van der Waals surface area contributed by atoms with Crippen molar-refractivity contribution < 1.29 is 9.59 Å². The zero-order valence-corrected chi connectivity index (χ0v) is 11.4. The van der Waals surface area contributed by atoms with Gasteiger partial charge in [0.05, 0.1) is 0 Å². The van der Waals surface area contributed by atoms with Gasteiger partial charge in [0, 0.05) is 0 Å². The van der Waals surface area contributed by atoms with Crippen molar-refractivity contribution >= 4 is 12.2 Å². The lowest BCUT2D eigenvalue weighted by Gasteiger charge is -2.02. The number of isocyanates is 2. The molecule has 0 saturated heterocycles. The molecule has 0 heterocycles. The van der Waals surface area contributed by atoms with Crippen LogP contribution in [-0.4, -0.2) is 12.2 Å². The van der Waals surface area contributed by atoms with Crippen LogP contribution in [0, 0.1) is 24.7 Å². The highest BCUT2D eigenvalue weighted by atomic mass is 16.1. The van der Waals surface area contributed by atoms with Crippen LogP contribution in [0.3, 0.4) is 0 Å². The first-order chi connectivity index (χ1) is 9.58. The molecule has 0 aliphatic rings. The van der Waals surface area contributed by atoms with Crippen LogP contribution in [0.4, 0.5) is 0 Å². The minimum Gasteiger partial charge on any atom is -0.222 e. The fourth-order valence-corrected chi connectivity index (χ4v) is 1.49. The second-order valence-corrected chi connectivity index (χ2v) is 3.94. The molecule has 2 aromatic carbocycles. The van der Waals surface area contributed by atoms with Gasteiger partial charge in [-0.1, -0.05) is 59.7 Å². The van der Waals surface area contributed by atoms with Gasteiger partial charge in [-0.2, -0.15) is 0 Å². The first-order valence-electron chi connectivity index (χ1n) is 5.80. The summed E-state index contributed by atoms with van der Waals surface area (Å²) in [4.78, 5) is 16.7. The Morgan fingerprint density at radius 1 is 0.650 bits per heavy atom. The molecule has 102 valence electrons. The number of rotatable bonds is 1. The maximum Gasteiger partial charge on any atom is 0.231 e. The standard InChI is InChI=1S/C14H14.2CHNO/c1-11-3-7-13(8-4-11)14-9-5-12(2)6-10-14;2*2-1-3/h3-10H,1-2H3;2*2H. The van der Waals surface area contributed by atoms with E-state index in [9.17, 15) is 0 Å². The summed E-state index contributed by atoms with van der Waals surface area (Å²) in [5.41, 5.74) is 5.19. The molecule has 0 radical (unpaired) electrons. The predicted molar refractivity (Wildman–Crippen MR) is 78.2 cm³/mol. The van der Waals surface area contributed by atoms with Crippen molar-refractivity contribution in [1.82, 2.24) is 0 Å². The van der Waals surface area contributed by atoms with Gasteiger partial charge >= 0.3 is 0 Å². The van der Waals surface area contributed by atoms with E-state index in [1.807, 2.05) is 0 Å². The molecule has 2 aromatic rings. The molecule has 20 heavy (non-hydrogen) atoms. The van der Waals surface area contributed by atoms with Gasteiger partial charge in [-0.05, 0) is 25.0 Å². The maximum atomic E-state index is 8.35. The molecule has 0 saturated carbocycles. The van der Waals surface area contributed by atoms with Gasteiger partial charge in [0.25, 0.3) is 0 Å². The number of carbonyl (C=O) groups excluding carboxylic acids is 2. The summed E-state index contributed by atoms with van der Waals surface area (Å²) in [5, 5.41) is 10.8. The molecular weight excluding hydrogens is 252 g/mol. The van der Waals surface area contributed by atoms with Crippen LogP contribution < -0.4 is 0 Å². The molecule has 0 aliphatic heterocycles. The minimum absolute atomic E-state index is 0.750. The van der Waals surface area contributed by atoms with Gasteiger partial charge in [0.1, 0.15) is 0 Å². The summed E-state index contributed by atoms with van der Waals surface area (Å²) in [5.74, 6) is 0. The van der Waals surface area contributed by atoms with Crippen LogP contribution in [0.15, 0.2) is 48.5 Å². The molecular formula is C16H16N2O2. The van der Waals surface area contributed by atoms with Crippen LogP contribution in [0.1, 0.15) is 11.1 Å². The lowest BCUT2D eigenvalue weighted by Crippen LogP contribution is -1.78. The fraction of sp³-hybridized carbons (Fsp3) is 0.125. The molecule has 0 aliphatic carbocycles. The Bertz CT molecular complexity index is 519. The zero-order valence-electron chi connectivity index (χ0n) is 11.4. The maximum absolute atomic E-state index is 8.35. The van der Waals surface area contributed by atoms with Gasteiger partial charge in [0.2, 0.25) is 12.2 Å². The third kappa shape index (κ3) is 6.82. The topological polar surface area (TPSA) is 81.8 Å². The molecule has 0 atom stereocenters. The Hall–Kier alpha value is -2.80. The molecule has 0 unspecified atom stereocenters. The first kappa shape index (κ1) is 17.2. The second kappa shape index (κ2) is 10.2. The Morgan fingerprint density at radius 2 is 0.850 bits per heavy atom. The van der Waals surface area contributed by atoms with E-state index in [-0.39, 0.29) is 0 Å². The van der Waals surface area contributed by atoms with Gasteiger partial charge in [-0.15, -0.1) is 0 Å². The molecule has 0 bridgehead atoms. The van der Waals surface area contributed by atoms with Gasteiger partial charge in [0.15, 0.2) is 0 Å². The van der Waals surface area contributed by atoms with Gasteiger partial charge in [-0.25, -0.2) is 20.4 Å². The quantitative estimate of drug-likeness (QED) is 0.609. The van der Waals surface area contributed by atoms with Crippen molar-refractivity contribution in [1.29, 1.82) is 10.8 Å². The van der Waals surface area contributed by atoms with Crippen LogP contribution >= 0.6 is 0 Å². The van der Waals surface area contributed by atoms with Crippen LogP contribution in [0.25, 0.3) is 11.1 Å². The number of hydrogen-bond donors (Lipinski definition) is 2. The van der Waals surface area contributed by atoms with Crippen molar-refractivity contribution in [3.8, 4) is 11.1 Å². The van der Waals surface area contributed by atoms with Crippen molar-refractivity contribution in [2.75, 3.05) is 0 Å². The summed E-state index contributed by atoms with van der Waals surface area (Å²) in [6.45, 7) is 4.22. The van der Waals surface area contributed by atoms with Crippen LogP contribution in [-0.2, 0) is 9.59 Å². The smallest absolute Gasteiger partial charge is 0.222 e. The molecule has 2 rings (SSSR count). The Labute approximate surface area is 118 Å². The van der Waals surface area contributed by atoms with E-state index >= 15 is 0 Å². The van der Waals surface area contributed by atoms with E-state index in [1.165, 1.54) is 22.3 Å². The molecule has 2 N–H and O–H groups in total.